The summed E-state index contributed by atoms with van der Waals surface area (Å²) < 4.78 is 0. The fraction of sp³-hybridized carbons (Fsp3) is 0.0159. The van der Waals surface area contributed by atoms with Crippen LogP contribution in [0.25, 0.3) is 66.1 Å². The normalized spacial score (nSPS) is 12.1. The topological polar surface area (TPSA) is 6.48 Å². The summed E-state index contributed by atoms with van der Waals surface area (Å²) in [4.78, 5) is 5.00. The van der Waals surface area contributed by atoms with Crippen molar-refractivity contribution in [2.75, 3.05) is 9.80 Å². The zero-order valence-corrected chi connectivity index (χ0v) is 35.6. The van der Waals surface area contributed by atoms with E-state index in [9.17, 15) is 0 Å². The first-order chi connectivity index (χ1) is 32.3. The van der Waals surface area contributed by atoms with Crippen LogP contribution in [0.3, 0.4) is 0 Å². The van der Waals surface area contributed by atoms with E-state index >= 15 is 0 Å². The molecule has 0 bridgehead atoms. The van der Waals surface area contributed by atoms with Crippen molar-refractivity contribution in [3.63, 3.8) is 0 Å². The van der Waals surface area contributed by atoms with Crippen LogP contribution >= 0.6 is 0 Å². The first kappa shape index (κ1) is 37.1. The molecule has 2 heterocycles. The van der Waals surface area contributed by atoms with E-state index in [1.54, 1.807) is 0 Å². The molecule has 11 aromatic rings. The number of anilines is 6. The van der Waals surface area contributed by atoms with Gasteiger partial charge < -0.3 is 9.80 Å². The molecule has 0 radical (unpaired) electrons. The largest absolute Gasteiger partial charge is 0.310 e. The minimum atomic E-state index is 0.0308. The Morgan fingerprint density at radius 2 is 0.831 bits per heavy atom. The number of benzene rings is 11. The van der Waals surface area contributed by atoms with Crippen molar-refractivity contribution in [3.8, 4) is 44.5 Å². The zero-order valence-electron chi connectivity index (χ0n) is 35.6. The molecule has 0 unspecified atom stereocenters. The molecule has 65 heavy (non-hydrogen) atoms. The Hall–Kier alpha value is -8.46. The van der Waals surface area contributed by atoms with Gasteiger partial charge in [0.2, 0.25) is 0 Å². The highest BCUT2D eigenvalue weighted by Crippen LogP contribution is 2.61. The molecule has 0 saturated carbocycles. The van der Waals surface area contributed by atoms with E-state index in [0.717, 1.165) is 22.7 Å². The molecule has 0 fully saturated rings. The number of para-hydroxylation sites is 2. The van der Waals surface area contributed by atoms with Crippen LogP contribution in [-0.4, -0.2) is 0 Å². The molecule has 0 spiro atoms. The highest BCUT2D eigenvalue weighted by molar-refractivity contribution is 6.21. The number of nitrogens with zero attached hydrogens (tertiary/aromatic N) is 2. The number of hydrogen-bond donors (Lipinski definition) is 0. The Kier molecular flexibility index (Phi) is 8.63. The van der Waals surface area contributed by atoms with Gasteiger partial charge in [0.05, 0.1) is 17.1 Å². The van der Waals surface area contributed by atoms with Gasteiger partial charge >= 0.3 is 0 Å². The van der Waals surface area contributed by atoms with E-state index in [2.05, 4.69) is 259 Å². The smallest absolute Gasteiger partial charge is 0.0625 e. The highest BCUT2D eigenvalue weighted by Gasteiger charge is 2.36. The summed E-state index contributed by atoms with van der Waals surface area (Å²) in [5.41, 5.74) is 20.4. The molecule has 304 valence electrons. The molecule has 0 atom stereocenters. The molecule has 2 aliphatic rings. The highest BCUT2D eigenvalue weighted by atomic mass is 15.2. The second-order valence-corrected chi connectivity index (χ2v) is 17.2. The Bertz CT molecular complexity index is 3520. The summed E-state index contributed by atoms with van der Waals surface area (Å²) in [7, 11) is 0. The Morgan fingerprint density at radius 1 is 0.292 bits per heavy atom. The van der Waals surface area contributed by atoms with Crippen LogP contribution in [0.1, 0.15) is 22.6 Å². The monoisotopic (exact) mass is 826 g/mol. The predicted molar refractivity (Wildman–Crippen MR) is 274 cm³/mol. The molecule has 2 nitrogen and oxygen atoms in total. The summed E-state index contributed by atoms with van der Waals surface area (Å²) >= 11 is 0. The predicted octanol–water partition coefficient (Wildman–Crippen LogP) is 17.4. The average Bonchev–Trinajstić information content (AvgIpc) is 3.58. The fourth-order valence-corrected chi connectivity index (χ4v) is 10.8. The van der Waals surface area contributed by atoms with Gasteiger partial charge in [-0.2, -0.15) is 0 Å². The van der Waals surface area contributed by atoms with Gasteiger partial charge in [0.1, 0.15) is 0 Å². The summed E-state index contributed by atoms with van der Waals surface area (Å²) in [6.45, 7) is 0. The van der Waals surface area contributed by atoms with Crippen molar-refractivity contribution in [2.24, 2.45) is 0 Å². The van der Waals surface area contributed by atoms with E-state index < -0.39 is 0 Å². The lowest BCUT2D eigenvalue weighted by atomic mass is 9.81. The van der Waals surface area contributed by atoms with Crippen molar-refractivity contribution in [3.05, 3.63) is 265 Å². The maximum Gasteiger partial charge on any atom is 0.0625 e. The molecule has 2 aliphatic heterocycles. The number of rotatable bonds is 6. The molecule has 0 aromatic heterocycles. The van der Waals surface area contributed by atoms with Crippen molar-refractivity contribution in [2.45, 2.75) is 5.92 Å². The van der Waals surface area contributed by atoms with Crippen LogP contribution in [-0.2, 0) is 0 Å². The van der Waals surface area contributed by atoms with E-state index in [1.165, 1.54) is 94.1 Å². The average molecular weight is 827 g/mol. The number of hydrogen-bond acceptors (Lipinski definition) is 2. The van der Waals surface area contributed by atoms with Crippen LogP contribution in [0.15, 0.2) is 249 Å². The van der Waals surface area contributed by atoms with Gasteiger partial charge in [-0.1, -0.05) is 188 Å². The molecule has 0 aliphatic carbocycles. The fourth-order valence-electron chi connectivity index (χ4n) is 10.8. The van der Waals surface area contributed by atoms with Crippen molar-refractivity contribution >= 4 is 55.7 Å². The van der Waals surface area contributed by atoms with Crippen LogP contribution in [0, 0.1) is 0 Å². The van der Waals surface area contributed by atoms with E-state index in [1.807, 2.05) is 0 Å². The Labute approximate surface area is 379 Å². The number of fused-ring (bicyclic) bond motifs is 14. The van der Waals surface area contributed by atoms with E-state index in [0.29, 0.717) is 0 Å². The molecule has 13 rings (SSSR count). The lowest BCUT2D eigenvalue weighted by Gasteiger charge is -2.31. The second-order valence-electron chi connectivity index (χ2n) is 17.2. The van der Waals surface area contributed by atoms with Crippen LogP contribution < -0.4 is 9.80 Å². The zero-order chi connectivity index (χ0) is 42.8. The van der Waals surface area contributed by atoms with Gasteiger partial charge in [-0.25, -0.2) is 0 Å². The Morgan fingerprint density at radius 3 is 1.49 bits per heavy atom. The molecule has 11 aromatic carbocycles. The van der Waals surface area contributed by atoms with Gasteiger partial charge in [0, 0.05) is 45.2 Å². The van der Waals surface area contributed by atoms with Crippen LogP contribution in [0.5, 0.6) is 0 Å². The maximum atomic E-state index is 2.61. The van der Waals surface area contributed by atoms with Crippen LogP contribution in [0.2, 0.25) is 0 Å². The SMILES string of the molecule is c1ccc(C(c2ccccc2)c2ccc3c(c2)-c2cc(N(c4ccccc4)c4ccccc4)ccc2N2c4ccc5ccccc5c4-c4ccccc4-c4c2c-3cc2ccccc42)cc1. The maximum absolute atomic E-state index is 2.61. The van der Waals surface area contributed by atoms with Crippen molar-refractivity contribution < 1.29 is 0 Å². The third-order valence-corrected chi connectivity index (χ3v) is 13.6. The third-order valence-electron chi connectivity index (χ3n) is 13.6. The van der Waals surface area contributed by atoms with Gasteiger partial charge in [-0.05, 0) is 121 Å². The first-order valence-corrected chi connectivity index (χ1v) is 22.5. The van der Waals surface area contributed by atoms with Crippen LogP contribution in [0.4, 0.5) is 34.1 Å². The van der Waals surface area contributed by atoms with E-state index in [4.69, 9.17) is 0 Å². The van der Waals surface area contributed by atoms with Gasteiger partial charge in [0.25, 0.3) is 0 Å². The minimum absolute atomic E-state index is 0.0308. The lowest BCUT2D eigenvalue weighted by Crippen LogP contribution is -2.14. The van der Waals surface area contributed by atoms with Gasteiger partial charge in [-0.15, -0.1) is 0 Å². The molecule has 0 amide bonds. The lowest BCUT2D eigenvalue weighted by molar-refractivity contribution is 0.978. The first-order valence-electron chi connectivity index (χ1n) is 22.5. The summed E-state index contributed by atoms with van der Waals surface area (Å²) in [6, 6.07) is 92.0. The molecular weight excluding hydrogens is 785 g/mol. The molecule has 0 N–H and O–H groups in total. The standard InChI is InChI=1S/C63H42N2/c1-5-20-43(21-6-1)60(44-22-7-2-8-23-44)46-33-36-52-55(40-46)56-41-49(64(47-25-9-3-10-26-47)48-27-11-4-12-28-48)35-38-58(56)65-59-37-34-42-19-13-15-29-50(42)61(59)53-31-17-18-32-54(53)62-51-30-16-14-24-45(51)39-57(52)63(62)65/h1-41,60H. The molecule has 0 saturated heterocycles. The van der Waals surface area contributed by atoms with Gasteiger partial charge in [0.15, 0.2) is 0 Å². The third kappa shape index (κ3) is 5.95. The summed E-state index contributed by atoms with van der Waals surface area (Å²) in [5.74, 6) is 0.0308. The van der Waals surface area contributed by atoms with E-state index in [-0.39, 0.29) is 5.92 Å². The molecule has 2 heteroatoms. The van der Waals surface area contributed by atoms with Gasteiger partial charge in [-0.3, -0.25) is 0 Å². The second kappa shape index (κ2) is 15.1. The molecular formula is C63H42N2. The minimum Gasteiger partial charge on any atom is -0.310 e. The van der Waals surface area contributed by atoms with Crippen molar-refractivity contribution in [1.29, 1.82) is 0 Å². The Balaban J connectivity index is 1.19. The van der Waals surface area contributed by atoms with Crippen molar-refractivity contribution in [1.82, 2.24) is 0 Å². The summed E-state index contributed by atoms with van der Waals surface area (Å²) in [5, 5.41) is 4.93. The summed E-state index contributed by atoms with van der Waals surface area (Å²) in [6.07, 6.45) is 0. The quantitative estimate of drug-likeness (QED) is 0.154.